The average molecular weight is 193 g/mol. The minimum atomic E-state index is 0.577. The number of nitrogens with two attached hydrogens (primary N) is 1. The predicted octanol–water partition coefficient (Wildman–Crippen LogP) is 1.56. The van der Waals surface area contributed by atoms with Crippen LogP contribution in [0.1, 0.15) is 31.7 Å². The Kier molecular flexibility index (Phi) is 2.59. The second-order valence-corrected chi connectivity index (χ2v) is 4.53. The van der Waals surface area contributed by atoms with Gasteiger partial charge < -0.3 is 10.3 Å². The summed E-state index contributed by atoms with van der Waals surface area (Å²) in [5, 5.41) is 0. The van der Waals surface area contributed by atoms with E-state index in [-0.39, 0.29) is 0 Å². The van der Waals surface area contributed by atoms with Gasteiger partial charge in [-0.05, 0) is 24.7 Å². The second kappa shape index (κ2) is 3.73. The molecule has 1 atom stereocenters. The quantitative estimate of drug-likeness (QED) is 0.774. The fourth-order valence-electron chi connectivity index (χ4n) is 2.27. The Bertz CT molecular complexity index is 301. The molecule has 0 radical (unpaired) electrons. The normalized spacial score (nSPS) is 21.3. The lowest BCUT2D eigenvalue weighted by atomic mass is 9.85. The Morgan fingerprint density at radius 3 is 3.07 bits per heavy atom. The van der Waals surface area contributed by atoms with E-state index in [0.29, 0.717) is 6.54 Å². The lowest BCUT2D eigenvalue weighted by Crippen LogP contribution is -2.23. The summed E-state index contributed by atoms with van der Waals surface area (Å²) in [5.74, 6) is 1.58. The maximum atomic E-state index is 5.66. The molecule has 0 fully saturated rings. The van der Waals surface area contributed by atoms with Crippen molar-refractivity contribution in [3.8, 4) is 0 Å². The summed E-state index contributed by atoms with van der Waals surface area (Å²) in [6.07, 6.45) is 4.38. The van der Waals surface area contributed by atoms with Crippen LogP contribution in [0, 0.1) is 11.8 Å². The zero-order valence-corrected chi connectivity index (χ0v) is 9.03. The molecule has 2 heterocycles. The van der Waals surface area contributed by atoms with E-state index in [1.807, 2.05) is 6.33 Å². The van der Waals surface area contributed by atoms with Crippen LogP contribution in [0.5, 0.6) is 0 Å². The van der Waals surface area contributed by atoms with E-state index in [0.717, 1.165) is 30.5 Å². The van der Waals surface area contributed by atoms with E-state index < -0.39 is 0 Å². The van der Waals surface area contributed by atoms with Crippen LogP contribution in [0.15, 0.2) is 6.33 Å². The van der Waals surface area contributed by atoms with Crippen LogP contribution in [-0.2, 0) is 19.5 Å². The maximum absolute atomic E-state index is 5.66. The van der Waals surface area contributed by atoms with Crippen LogP contribution in [0.25, 0.3) is 0 Å². The fraction of sp³-hybridized carbons (Fsp3) is 0.727. The molecule has 0 aliphatic carbocycles. The van der Waals surface area contributed by atoms with Crippen LogP contribution in [0.4, 0.5) is 0 Å². The lowest BCUT2D eigenvalue weighted by Gasteiger charge is -2.27. The molecule has 0 aromatic carbocycles. The van der Waals surface area contributed by atoms with Gasteiger partial charge in [-0.1, -0.05) is 13.8 Å². The first-order valence-electron chi connectivity index (χ1n) is 5.45. The smallest absolute Gasteiger partial charge is 0.0952 e. The van der Waals surface area contributed by atoms with Gasteiger partial charge in [0.15, 0.2) is 0 Å². The number of rotatable bonds is 2. The molecule has 78 valence electrons. The summed E-state index contributed by atoms with van der Waals surface area (Å²) in [5.41, 5.74) is 8.13. The number of aromatic nitrogens is 2. The van der Waals surface area contributed by atoms with E-state index in [4.69, 9.17) is 5.73 Å². The molecule has 14 heavy (non-hydrogen) atoms. The molecule has 0 saturated carbocycles. The minimum Gasteiger partial charge on any atom is -0.334 e. The molecular weight excluding hydrogens is 174 g/mol. The molecule has 1 unspecified atom stereocenters. The first-order valence-corrected chi connectivity index (χ1v) is 5.45. The van der Waals surface area contributed by atoms with Crippen LogP contribution >= 0.6 is 0 Å². The fourth-order valence-corrected chi connectivity index (χ4v) is 2.27. The standard InChI is InChI=1S/C11H19N3/c1-8(2)9-3-4-14-7-13-10(6-12)11(14)5-9/h7-9H,3-6,12H2,1-2H3. The molecule has 3 heteroatoms. The highest BCUT2D eigenvalue weighted by Gasteiger charge is 2.23. The number of nitrogens with zero attached hydrogens (tertiary/aromatic N) is 2. The largest absolute Gasteiger partial charge is 0.334 e. The van der Waals surface area contributed by atoms with Crippen molar-refractivity contribution in [3.05, 3.63) is 17.7 Å². The Labute approximate surface area is 85.3 Å². The Hall–Kier alpha value is -0.830. The van der Waals surface area contributed by atoms with Gasteiger partial charge >= 0.3 is 0 Å². The van der Waals surface area contributed by atoms with Gasteiger partial charge in [0.25, 0.3) is 0 Å². The second-order valence-electron chi connectivity index (χ2n) is 4.53. The van der Waals surface area contributed by atoms with Crippen molar-refractivity contribution in [2.45, 2.75) is 39.8 Å². The summed E-state index contributed by atoms with van der Waals surface area (Å²) >= 11 is 0. The number of hydrogen-bond acceptors (Lipinski definition) is 2. The average Bonchev–Trinajstić information content (AvgIpc) is 2.59. The molecule has 0 amide bonds. The highest BCUT2D eigenvalue weighted by molar-refractivity contribution is 5.15. The third-order valence-corrected chi connectivity index (χ3v) is 3.37. The summed E-state index contributed by atoms with van der Waals surface area (Å²) in [7, 11) is 0. The van der Waals surface area contributed by atoms with Gasteiger partial charge in [-0.15, -0.1) is 0 Å². The molecule has 1 aliphatic heterocycles. The monoisotopic (exact) mass is 193 g/mol. The van der Waals surface area contributed by atoms with Gasteiger partial charge in [0.1, 0.15) is 0 Å². The summed E-state index contributed by atoms with van der Waals surface area (Å²) < 4.78 is 2.26. The highest BCUT2D eigenvalue weighted by atomic mass is 15.1. The summed E-state index contributed by atoms with van der Waals surface area (Å²) in [6.45, 7) is 6.30. The van der Waals surface area contributed by atoms with Crippen molar-refractivity contribution >= 4 is 0 Å². The minimum absolute atomic E-state index is 0.577. The molecule has 1 aliphatic rings. The third-order valence-electron chi connectivity index (χ3n) is 3.37. The van der Waals surface area contributed by atoms with Crippen molar-refractivity contribution in [1.29, 1.82) is 0 Å². The lowest BCUT2D eigenvalue weighted by molar-refractivity contribution is 0.302. The van der Waals surface area contributed by atoms with E-state index in [1.165, 1.54) is 12.1 Å². The molecule has 1 aromatic heterocycles. The Morgan fingerprint density at radius 2 is 2.43 bits per heavy atom. The molecule has 0 spiro atoms. The van der Waals surface area contributed by atoms with Gasteiger partial charge in [0.05, 0.1) is 12.0 Å². The van der Waals surface area contributed by atoms with Gasteiger partial charge in [-0.3, -0.25) is 0 Å². The molecule has 2 rings (SSSR count). The van der Waals surface area contributed by atoms with E-state index in [1.54, 1.807) is 0 Å². The van der Waals surface area contributed by atoms with Crippen molar-refractivity contribution < 1.29 is 0 Å². The van der Waals surface area contributed by atoms with Gasteiger partial charge in [0, 0.05) is 18.8 Å². The zero-order valence-electron chi connectivity index (χ0n) is 9.03. The Morgan fingerprint density at radius 1 is 1.64 bits per heavy atom. The molecule has 1 aromatic rings. The summed E-state index contributed by atoms with van der Waals surface area (Å²) in [6, 6.07) is 0. The number of aryl methyl sites for hydroxylation is 1. The zero-order chi connectivity index (χ0) is 10.1. The van der Waals surface area contributed by atoms with Crippen LogP contribution in [-0.4, -0.2) is 9.55 Å². The molecule has 0 bridgehead atoms. The third kappa shape index (κ3) is 1.57. The van der Waals surface area contributed by atoms with Gasteiger partial charge in [-0.2, -0.15) is 0 Å². The van der Waals surface area contributed by atoms with Gasteiger partial charge in [0.2, 0.25) is 0 Å². The number of imidazole rings is 1. The van der Waals surface area contributed by atoms with Crippen molar-refractivity contribution in [1.82, 2.24) is 9.55 Å². The Balaban J connectivity index is 2.23. The first kappa shape index (κ1) is 9.71. The van der Waals surface area contributed by atoms with E-state index in [2.05, 4.69) is 23.4 Å². The SMILES string of the molecule is CC(C)C1CCn2cnc(CN)c2C1. The van der Waals surface area contributed by atoms with E-state index >= 15 is 0 Å². The van der Waals surface area contributed by atoms with Crippen molar-refractivity contribution in [3.63, 3.8) is 0 Å². The molecule has 0 saturated heterocycles. The molecule has 2 N–H and O–H groups in total. The topological polar surface area (TPSA) is 43.8 Å². The highest BCUT2D eigenvalue weighted by Crippen LogP contribution is 2.27. The van der Waals surface area contributed by atoms with Crippen LogP contribution in [0.2, 0.25) is 0 Å². The first-order chi connectivity index (χ1) is 6.72. The summed E-state index contributed by atoms with van der Waals surface area (Å²) in [4.78, 5) is 4.35. The maximum Gasteiger partial charge on any atom is 0.0952 e. The molecular formula is C11H19N3. The van der Waals surface area contributed by atoms with Crippen LogP contribution < -0.4 is 5.73 Å². The molecule has 3 nitrogen and oxygen atoms in total. The van der Waals surface area contributed by atoms with Crippen molar-refractivity contribution in [2.75, 3.05) is 0 Å². The van der Waals surface area contributed by atoms with Crippen LogP contribution in [0.3, 0.4) is 0 Å². The number of fused-ring (bicyclic) bond motifs is 1. The van der Waals surface area contributed by atoms with Gasteiger partial charge in [-0.25, -0.2) is 4.98 Å². The predicted molar refractivity (Wildman–Crippen MR) is 56.8 cm³/mol. The number of hydrogen-bond donors (Lipinski definition) is 1. The van der Waals surface area contributed by atoms with Crippen molar-refractivity contribution in [2.24, 2.45) is 17.6 Å². The van der Waals surface area contributed by atoms with E-state index in [9.17, 15) is 0 Å².